The van der Waals surface area contributed by atoms with Crippen molar-refractivity contribution in [1.82, 2.24) is 19.5 Å². The van der Waals surface area contributed by atoms with E-state index in [0.717, 1.165) is 6.33 Å². The van der Waals surface area contributed by atoms with E-state index in [9.17, 15) is 44.4 Å². The molecule has 2 aromatic rings. The number of anilines is 1. The average Bonchev–Trinajstić information content (AvgIpc) is 3.38. The Morgan fingerprint density at radius 1 is 0.946 bits per heavy atom. The summed E-state index contributed by atoms with van der Waals surface area (Å²) in [6.07, 6.45) is -11.5. The average molecular weight is 638 g/mol. The molecule has 2 fully saturated rings. The Kier molecular flexibility index (Phi) is 8.38. The molecule has 0 aromatic carbocycles. The number of phosphoric ester groups is 2. The van der Waals surface area contributed by atoms with Crippen LogP contribution in [-0.4, -0.2) is 111 Å². The second kappa shape index (κ2) is 10.8. The van der Waals surface area contributed by atoms with Gasteiger partial charge in [0.25, 0.3) is 0 Å². The van der Waals surface area contributed by atoms with Gasteiger partial charge in [-0.3, -0.25) is 13.6 Å². The molecule has 2 unspecified atom stereocenters. The Morgan fingerprint density at radius 3 is 2.08 bits per heavy atom. The highest BCUT2D eigenvalue weighted by atomic mass is 79.9. The monoisotopic (exact) mass is 637 g/mol. The number of aliphatic hydroxyl groups excluding tert-OH is 5. The maximum Gasteiger partial charge on any atom is 0.481 e. The molecule has 2 aliphatic heterocycles. The Balaban J connectivity index is 1.36. The van der Waals surface area contributed by atoms with Gasteiger partial charge in [-0.05, 0) is 15.9 Å². The normalized spacial score (nSPS) is 35.6. The SMILES string of the molecule is Nc1ncnc2c1nc(Br)n2[C@@H]1O[C@H](COP(=O)(O)OP(=O)(O)OC[C@H]2O[C@@H](O)[C@H](O)[C@@H]2O)[C@@H](O)[C@H]1O. The first-order valence-electron chi connectivity index (χ1n) is 10.2. The summed E-state index contributed by atoms with van der Waals surface area (Å²) in [7, 11) is -10.6. The van der Waals surface area contributed by atoms with Crippen LogP contribution in [0, 0.1) is 0 Å². The van der Waals surface area contributed by atoms with Crippen LogP contribution < -0.4 is 5.73 Å². The molecule has 2 aromatic heterocycles. The first kappa shape index (κ1) is 28.8. The molecule has 0 amide bonds. The van der Waals surface area contributed by atoms with Crippen molar-refractivity contribution in [1.29, 1.82) is 0 Å². The van der Waals surface area contributed by atoms with Gasteiger partial charge in [-0.1, -0.05) is 0 Å². The Hall–Kier alpha value is -1.19. The van der Waals surface area contributed by atoms with E-state index in [2.05, 4.69) is 44.2 Å². The predicted molar refractivity (Wildman–Crippen MR) is 119 cm³/mol. The number of fused-ring (bicyclic) bond motifs is 1. The van der Waals surface area contributed by atoms with Gasteiger partial charge < -0.3 is 50.5 Å². The molecule has 4 rings (SSSR count). The van der Waals surface area contributed by atoms with Crippen molar-refractivity contribution < 1.29 is 67.3 Å². The van der Waals surface area contributed by atoms with Gasteiger partial charge in [-0.2, -0.15) is 4.31 Å². The van der Waals surface area contributed by atoms with Gasteiger partial charge in [0.2, 0.25) is 0 Å². The molecule has 4 heterocycles. The first-order chi connectivity index (χ1) is 17.2. The number of nitrogen functional groups attached to an aromatic ring is 1. The van der Waals surface area contributed by atoms with Gasteiger partial charge in [0.15, 0.2) is 34.2 Å². The molecular weight excluding hydrogens is 616 g/mol. The van der Waals surface area contributed by atoms with Crippen LogP contribution in [0.2, 0.25) is 0 Å². The molecule has 0 spiro atoms. The van der Waals surface area contributed by atoms with E-state index >= 15 is 0 Å². The lowest BCUT2D eigenvalue weighted by Gasteiger charge is -2.20. The Labute approximate surface area is 214 Å². The molecule has 208 valence electrons. The van der Waals surface area contributed by atoms with Crippen molar-refractivity contribution in [3.05, 3.63) is 11.1 Å². The van der Waals surface area contributed by atoms with Crippen LogP contribution in [0.1, 0.15) is 6.23 Å². The second-order valence-electron chi connectivity index (χ2n) is 7.88. The number of hydrogen-bond acceptors (Lipinski definition) is 16. The zero-order chi connectivity index (χ0) is 27.3. The van der Waals surface area contributed by atoms with Crippen molar-refractivity contribution in [3.63, 3.8) is 0 Å². The van der Waals surface area contributed by atoms with Crippen LogP contribution in [0.3, 0.4) is 0 Å². The van der Waals surface area contributed by atoms with Crippen molar-refractivity contribution in [3.8, 4) is 0 Å². The molecular formula is C15H22BrN5O14P2. The molecule has 9 N–H and O–H groups in total. The third-order valence-electron chi connectivity index (χ3n) is 5.40. The van der Waals surface area contributed by atoms with Gasteiger partial charge in [0, 0.05) is 0 Å². The van der Waals surface area contributed by atoms with Crippen LogP contribution in [0.25, 0.3) is 11.2 Å². The summed E-state index contributed by atoms with van der Waals surface area (Å²) in [6.45, 7) is -1.81. The number of aliphatic hydroxyl groups is 5. The minimum absolute atomic E-state index is 0.0350. The van der Waals surface area contributed by atoms with E-state index in [4.69, 9.17) is 15.2 Å². The quantitative estimate of drug-likeness (QED) is 0.104. The highest BCUT2D eigenvalue weighted by Crippen LogP contribution is 2.60. The van der Waals surface area contributed by atoms with Gasteiger partial charge >= 0.3 is 15.6 Å². The van der Waals surface area contributed by atoms with E-state index in [1.165, 1.54) is 4.57 Å². The van der Waals surface area contributed by atoms with E-state index in [0.29, 0.717) is 0 Å². The number of aromatic nitrogens is 4. The Bertz CT molecular complexity index is 1240. The van der Waals surface area contributed by atoms with Gasteiger partial charge in [-0.25, -0.2) is 24.1 Å². The second-order valence-corrected chi connectivity index (χ2v) is 11.6. The van der Waals surface area contributed by atoms with Crippen molar-refractivity contribution in [2.24, 2.45) is 0 Å². The fourth-order valence-corrected chi connectivity index (χ4v) is 6.22. The third kappa shape index (κ3) is 6.03. The number of hydrogen-bond donors (Lipinski definition) is 8. The van der Waals surface area contributed by atoms with Crippen molar-refractivity contribution in [2.75, 3.05) is 18.9 Å². The summed E-state index contributed by atoms with van der Waals surface area (Å²) in [5.74, 6) is 0.0350. The minimum Gasteiger partial charge on any atom is -0.387 e. The van der Waals surface area contributed by atoms with Crippen molar-refractivity contribution in [2.45, 2.75) is 49.1 Å². The molecule has 0 aliphatic carbocycles. The smallest absolute Gasteiger partial charge is 0.387 e. The summed E-state index contributed by atoms with van der Waals surface area (Å²) >= 11 is 3.17. The molecule has 0 bridgehead atoms. The number of rotatable bonds is 9. The lowest BCUT2D eigenvalue weighted by molar-refractivity contribution is -0.132. The number of nitrogens with zero attached hydrogens (tertiary/aromatic N) is 4. The number of nitrogens with two attached hydrogens (primary N) is 1. The fraction of sp³-hybridized carbons (Fsp3) is 0.667. The summed E-state index contributed by atoms with van der Waals surface area (Å²) < 4.78 is 49.1. The Morgan fingerprint density at radius 2 is 1.51 bits per heavy atom. The molecule has 2 saturated heterocycles. The minimum atomic E-state index is -5.33. The van der Waals surface area contributed by atoms with Gasteiger partial charge in [0.05, 0.1) is 13.2 Å². The summed E-state index contributed by atoms with van der Waals surface area (Å²) in [6, 6.07) is 0. The maximum atomic E-state index is 12.2. The zero-order valence-electron chi connectivity index (χ0n) is 18.2. The van der Waals surface area contributed by atoms with Crippen LogP contribution in [0.4, 0.5) is 5.82 Å². The fourth-order valence-electron chi connectivity index (χ4n) is 3.58. The molecule has 37 heavy (non-hydrogen) atoms. The zero-order valence-corrected chi connectivity index (χ0v) is 21.6. The number of halogens is 1. The lowest BCUT2D eigenvalue weighted by atomic mass is 10.1. The molecule has 19 nitrogen and oxygen atoms in total. The summed E-state index contributed by atoms with van der Waals surface area (Å²) in [5.41, 5.74) is 6.07. The molecule has 0 saturated carbocycles. The molecule has 22 heteroatoms. The van der Waals surface area contributed by atoms with Gasteiger partial charge in [-0.15, -0.1) is 0 Å². The topological polar surface area (TPSA) is 292 Å². The largest absolute Gasteiger partial charge is 0.481 e. The number of ether oxygens (including phenoxy) is 2. The highest BCUT2D eigenvalue weighted by molar-refractivity contribution is 9.10. The maximum absolute atomic E-state index is 12.2. The predicted octanol–water partition coefficient (Wildman–Crippen LogP) is -2.52. The summed E-state index contributed by atoms with van der Waals surface area (Å²) in [4.78, 5) is 31.5. The van der Waals surface area contributed by atoms with E-state index < -0.39 is 78.0 Å². The molecule has 0 radical (unpaired) electrons. The van der Waals surface area contributed by atoms with Crippen LogP contribution in [0.15, 0.2) is 11.1 Å². The van der Waals surface area contributed by atoms with Crippen molar-refractivity contribution >= 4 is 48.6 Å². The molecule has 2 aliphatic rings. The van der Waals surface area contributed by atoms with Crippen LogP contribution >= 0.6 is 31.6 Å². The highest BCUT2D eigenvalue weighted by Gasteiger charge is 2.47. The number of imidazole rings is 1. The van der Waals surface area contributed by atoms with Gasteiger partial charge in [0.1, 0.15) is 43.0 Å². The van der Waals surface area contributed by atoms with E-state index in [-0.39, 0.29) is 21.7 Å². The molecule has 10 atom stereocenters. The summed E-state index contributed by atoms with van der Waals surface area (Å²) in [5, 5.41) is 49.2. The van der Waals surface area contributed by atoms with Crippen LogP contribution in [0.5, 0.6) is 0 Å². The standard InChI is InChI=1S/C15H22BrN5O14P2/c16-15-20-6-11(17)18-3-19-12(6)21(15)13-9(24)7(22)4(33-13)1-31-36(27,28)35-37(29,30)32-2-5-8(23)10(25)14(26)34-5/h3-5,7-10,13-14,22-26H,1-2H2,(H,27,28)(H,29,30)(H2,17,18,19)/t4-,5-,7-,8-,9-,10-,13-,14-/m1/s1. The third-order valence-corrected chi connectivity index (χ3v) is 8.56. The first-order valence-corrected chi connectivity index (χ1v) is 14.0. The number of phosphoric acid groups is 2. The van der Waals surface area contributed by atoms with E-state index in [1.807, 2.05) is 0 Å². The van der Waals surface area contributed by atoms with E-state index in [1.54, 1.807) is 0 Å². The lowest BCUT2D eigenvalue weighted by Crippen LogP contribution is -2.34. The van der Waals surface area contributed by atoms with Crippen LogP contribution in [-0.2, 0) is 32.0 Å².